The van der Waals surface area contributed by atoms with Gasteiger partial charge in [-0.05, 0) is 62.7 Å². The van der Waals surface area contributed by atoms with E-state index in [1.54, 1.807) is 0 Å². The van der Waals surface area contributed by atoms with E-state index in [9.17, 15) is 0 Å². The molecule has 1 aliphatic heterocycles. The van der Waals surface area contributed by atoms with Crippen LogP contribution in [-0.2, 0) is 4.74 Å². The molecule has 0 radical (unpaired) electrons. The third-order valence-electron chi connectivity index (χ3n) is 5.95. The van der Waals surface area contributed by atoms with Crippen molar-refractivity contribution in [2.75, 3.05) is 37.0 Å². The Hall–Kier alpha value is -3.27. The molecule has 3 aromatic rings. The van der Waals surface area contributed by atoms with Crippen molar-refractivity contribution in [3.05, 3.63) is 94.0 Å². The van der Waals surface area contributed by atoms with Crippen LogP contribution in [0, 0.1) is 6.92 Å². The molecule has 0 spiro atoms. The summed E-state index contributed by atoms with van der Waals surface area (Å²) in [7, 11) is 4.14. The average molecular weight is 414 g/mol. The van der Waals surface area contributed by atoms with Crippen molar-refractivity contribution >= 4 is 17.1 Å². The standard InChI is InChI=1S/C27H31N3O/c1-6-30(7-2)22-15-13-20(14-16-22)26-23-17-18-24(29(4)5)19(3)25(23)28-27(31-26)21-11-9-8-10-12-21/h8-18,27H,6-7H2,1-5H3. The minimum atomic E-state index is -0.359. The first kappa shape index (κ1) is 21.0. The molecule has 0 amide bonds. The summed E-state index contributed by atoms with van der Waals surface area (Å²) in [5.74, 6) is 0.887. The highest BCUT2D eigenvalue weighted by atomic mass is 16.5. The number of rotatable bonds is 6. The molecule has 0 aromatic heterocycles. The van der Waals surface area contributed by atoms with E-state index in [0.717, 1.165) is 40.6 Å². The van der Waals surface area contributed by atoms with Gasteiger partial charge in [-0.15, -0.1) is 0 Å². The summed E-state index contributed by atoms with van der Waals surface area (Å²) in [6.07, 6.45) is -0.359. The van der Waals surface area contributed by atoms with Crippen molar-refractivity contribution in [2.24, 2.45) is 4.99 Å². The Morgan fingerprint density at radius 1 is 0.871 bits per heavy atom. The van der Waals surface area contributed by atoms with Gasteiger partial charge in [-0.2, -0.15) is 0 Å². The lowest BCUT2D eigenvalue weighted by Crippen LogP contribution is -2.36. The summed E-state index contributed by atoms with van der Waals surface area (Å²) in [4.78, 5) is 9.51. The van der Waals surface area contributed by atoms with Crippen LogP contribution in [0.3, 0.4) is 0 Å². The number of hydrogen-bond donors (Lipinski definition) is 0. The van der Waals surface area contributed by atoms with Gasteiger partial charge in [-0.3, -0.25) is 0 Å². The van der Waals surface area contributed by atoms with E-state index >= 15 is 0 Å². The van der Waals surface area contributed by atoms with Crippen LogP contribution in [0.5, 0.6) is 0 Å². The Balaban J connectivity index is 1.89. The molecule has 160 valence electrons. The Bertz CT molecular complexity index is 1160. The van der Waals surface area contributed by atoms with Crippen LogP contribution >= 0.6 is 0 Å². The van der Waals surface area contributed by atoms with Crippen molar-refractivity contribution in [2.45, 2.75) is 27.0 Å². The van der Waals surface area contributed by atoms with E-state index in [2.05, 4.69) is 93.2 Å². The van der Waals surface area contributed by atoms with E-state index in [1.165, 1.54) is 16.9 Å². The second-order valence-electron chi connectivity index (χ2n) is 8.06. The van der Waals surface area contributed by atoms with Gasteiger partial charge >= 0.3 is 0 Å². The van der Waals surface area contributed by atoms with Crippen LogP contribution in [0.25, 0.3) is 5.76 Å². The SMILES string of the molecule is CCN(CC)c1ccc(C2=c3ccc(N(C)C)c(C)c3=NC(c3ccccc3)O2)cc1. The van der Waals surface area contributed by atoms with Crippen LogP contribution in [-0.4, -0.2) is 27.2 Å². The third-order valence-corrected chi connectivity index (χ3v) is 5.95. The fourth-order valence-corrected chi connectivity index (χ4v) is 4.24. The molecule has 1 unspecified atom stereocenters. The molecule has 0 saturated heterocycles. The predicted octanol–water partition coefficient (Wildman–Crippen LogP) is 4.41. The highest BCUT2D eigenvalue weighted by molar-refractivity contribution is 5.65. The van der Waals surface area contributed by atoms with E-state index in [-0.39, 0.29) is 6.23 Å². The molecule has 3 aromatic carbocycles. The number of nitrogens with zero attached hydrogens (tertiary/aromatic N) is 3. The highest BCUT2D eigenvalue weighted by Gasteiger charge is 2.21. The second-order valence-corrected chi connectivity index (χ2v) is 8.06. The summed E-state index contributed by atoms with van der Waals surface area (Å²) < 4.78 is 6.52. The zero-order valence-electron chi connectivity index (χ0n) is 19.1. The maximum atomic E-state index is 6.52. The molecule has 1 atom stereocenters. The van der Waals surface area contributed by atoms with Gasteiger partial charge < -0.3 is 14.5 Å². The van der Waals surface area contributed by atoms with Gasteiger partial charge in [0.2, 0.25) is 6.23 Å². The van der Waals surface area contributed by atoms with Gasteiger partial charge in [-0.25, -0.2) is 4.99 Å². The van der Waals surface area contributed by atoms with Gasteiger partial charge in [0.25, 0.3) is 0 Å². The molecule has 1 aliphatic rings. The molecular formula is C27H31N3O. The Kier molecular flexibility index (Phi) is 5.99. The first-order chi connectivity index (χ1) is 15.0. The van der Waals surface area contributed by atoms with Gasteiger partial charge in [0.05, 0.1) is 5.36 Å². The maximum absolute atomic E-state index is 6.52. The third kappa shape index (κ3) is 4.02. The van der Waals surface area contributed by atoms with Gasteiger partial charge in [0, 0.05) is 54.9 Å². The highest BCUT2D eigenvalue weighted by Crippen LogP contribution is 2.29. The molecular weight excluding hydrogens is 382 g/mol. The summed E-state index contributed by atoms with van der Waals surface area (Å²) in [5, 5.41) is 2.06. The monoisotopic (exact) mass is 413 g/mol. The molecule has 0 aliphatic carbocycles. The molecule has 4 nitrogen and oxygen atoms in total. The maximum Gasteiger partial charge on any atom is 0.216 e. The fraction of sp³-hybridized carbons (Fsp3) is 0.296. The second kappa shape index (κ2) is 8.84. The number of anilines is 2. The predicted molar refractivity (Wildman–Crippen MR) is 129 cm³/mol. The van der Waals surface area contributed by atoms with Crippen LogP contribution in [0.2, 0.25) is 0 Å². The summed E-state index contributed by atoms with van der Waals surface area (Å²) in [6, 6.07) is 23.2. The van der Waals surface area contributed by atoms with Gasteiger partial charge in [-0.1, -0.05) is 30.3 Å². The van der Waals surface area contributed by atoms with Gasteiger partial charge in [0.15, 0.2) is 0 Å². The van der Waals surface area contributed by atoms with Crippen molar-refractivity contribution in [1.82, 2.24) is 0 Å². The Morgan fingerprint density at radius 3 is 2.16 bits per heavy atom. The lowest BCUT2D eigenvalue weighted by atomic mass is 10.0. The summed E-state index contributed by atoms with van der Waals surface area (Å²) >= 11 is 0. The number of fused-ring (bicyclic) bond motifs is 1. The van der Waals surface area contributed by atoms with Crippen LogP contribution in [0.15, 0.2) is 71.7 Å². The average Bonchev–Trinajstić information content (AvgIpc) is 2.80. The zero-order chi connectivity index (χ0) is 22.0. The minimum absolute atomic E-state index is 0.359. The van der Waals surface area contributed by atoms with Crippen molar-refractivity contribution < 1.29 is 4.74 Å². The zero-order valence-corrected chi connectivity index (χ0v) is 19.1. The lowest BCUT2D eigenvalue weighted by molar-refractivity contribution is 0.166. The number of ether oxygens (including phenoxy) is 1. The topological polar surface area (TPSA) is 28.1 Å². The largest absolute Gasteiger partial charge is 0.463 e. The van der Waals surface area contributed by atoms with Crippen molar-refractivity contribution in [3.8, 4) is 0 Å². The molecule has 0 fully saturated rings. The Morgan fingerprint density at radius 2 is 1.55 bits per heavy atom. The van der Waals surface area contributed by atoms with Crippen LogP contribution < -0.4 is 20.4 Å². The Labute approximate surface area is 185 Å². The van der Waals surface area contributed by atoms with E-state index < -0.39 is 0 Å². The smallest absolute Gasteiger partial charge is 0.216 e. The van der Waals surface area contributed by atoms with Crippen molar-refractivity contribution in [1.29, 1.82) is 0 Å². The van der Waals surface area contributed by atoms with Crippen LogP contribution in [0.1, 0.15) is 36.8 Å². The van der Waals surface area contributed by atoms with Crippen molar-refractivity contribution in [3.63, 3.8) is 0 Å². The van der Waals surface area contributed by atoms with Crippen LogP contribution in [0.4, 0.5) is 11.4 Å². The first-order valence-electron chi connectivity index (χ1n) is 11.0. The van der Waals surface area contributed by atoms with E-state index in [4.69, 9.17) is 9.73 Å². The summed E-state index contributed by atoms with van der Waals surface area (Å²) in [5.41, 5.74) is 5.70. The molecule has 4 heteroatoms. The van der Waals surface area contributed by atoms with E-state index in [0.29, 0.717) is 0 Å². The number of benzene rings is 3. The quantitative estimate of drug-likeness (QED) is 0.599. The number of hydrogen-bond acceptors (Lipinski definition) is 4. The minimum Gasteiger partial charge on any atom is -0.463 e. The van der Waals surface area contributed by atoms with Gasteiger partial charge in [0.1, 0.15) is 5.76 Å². The molecule has 0 N–H and O–H groups in total. The molecule has 0 bridgehead atoms. The molecule has 0 saturated carbocycles. The van der Waals surface area contributed by atoms with E-state index in [1.807, 2.05) is 18.2 Å². The fourth-order valence-electron chi connectivity index (χ4n) is 4.24. The summed E-state index contributed by atoms with van der Waals surface area (Å²) in [6.45, 7) is 8.50. The first-order valence-corrected chi connectivity index (χ1v) is 11.0. The molecule has 1 heterocycles. The normalized spacial score (nSPS) is 15.0. The molecule has 31 heavy (non-hydrogen) atoms. The molecule has 4 rings (SSSR count). The lowest BCUT2D eigenvalue weighted by Gasteiger charge is -2.25.